The van der Waals surface area contributed by atoms with Crippen molar-refractivity contribution in [2.75, 3.05) is 0 Å². The van der Waals surface area contributed by atoms with Crippen molar-refractivity contribution < 1.29 is 4.79 Å². The third-order valence-corrected chi connectivity index (χ3v) is 5.25. The van der Waals surface area contributed by atoms with E-state index in [1.165, 1.54) is 25.7 Å². The zero-order valence-corrected chi connectivity index (χ0v) is 12.5. The maximum absolute atomic E-state index is 12.2. The Kier molecular flexibility index (Phi) is 3.96. The molecule has 2 fully saturated rings. The van der Waals surface area contributed by atoms with E-state index in [9.17, 15) is 4.79 Å². The maximum Gasteiger partial charge on any atom is 0.220 e. The van der Waals surface area contributed by atoms with E-state index in [4.69, 9.17) is 5.26 Å². The molecule has 2 saturated carbocycles. The molecule has 110 valence electrons. The number of amides is 1. The highest BCUT2D eigenvalue weighted by molar-refractivity contribution is 5.76. The minimum Gasteiger partial charge on any atom is -0.350 e. The third kappa shape index (κ3) is 3.10. The molecule has 1 aromatic carbocycles. The molecule has 1 N–H and O–H groups in total. The lowest BCUT2D eigenvalue weighted by molar-refractivity contribution is -0.123. The summed E-state index contributed by atoms with van der Waals surface area (Å²) in [6.07, 6.45) is 5.99. The van der Waals surface area contributed by atoms with Crippen molar-refractivity contribution >= 4 is 5.91 Å². The normalized spacial score (nSPS) is 28.1. The van der Waals surface area contributed by atoms with Crippen molar-refractivity contribution in [3.05, 3.63) is 35.4 Å². The lowest BCUT2D eigenvalue weighted by Gasteiger charge is -2.22. The number of benzene rings is 1. The van der Waals surface area contributed by atoms with Gasteiger partial charge in [-0.15, -0.1) is 0 Å². The minimum atomic E-state index is 0.00355. The summed E-state index contributed by atoms with van der Waals surface area (Å²) < 4.78 is 0. The smallest absolute Gasteiger partial charge is 0.220 e. The molecule has 2 aliphatic rings. The molecule has 0 aliphatic heterocycles. The lowest BCUT2D eigenvalue weighted by atomic mass is 9.86. The Labute approximate surface area is 126 Å². The number of hydrogen-bond donors (Lipinski definition) is 1. The largest absolute Gasteiger partial charge is 0.350 e. The van der Waals surface area contributed by atoms with Crippen LogP contribution < -0.4 is 5.32 Å². The van der Waals surface area contributed by atoms with E-state index in [-0.39, 0.29) is 11.9 Å². The predicted octanol–water partition coefficient (Wildman–Crippen LogP) is 3.56. The Morgan fingerprint density at radius 3 is 2.67 bits per heavy atom. The number of nitriles is 1. The van der Waals surface area contributed by atoms with Crippen LogP contribution in [0.5, 0.6) is 0 Å². The second-order valence-electron chi connectivity index (χ2n) is 6.66. The average molecular weight is 282 g/mol. The van der Waals surface area contributed by atoms with Crippen LogP contribution in [0.4, 0.5) is 0 Å². The summed E-state index contributed by atoms with van der Waals surface area (Å²) in [5, 5.41) is 11.9. The van der Waals surface area contributed by atoms with Gasteiger partial charge in [-0.1, -0.05) is 18.6 Å². The van der Waals surface area contributed by atoms with Gasteiger partial charge >= 0.3 is 0 Å². The van der Waals surface area contributed by atoms with Crippen LogP contribution in [0, 0.1) is 29.1 Å². The highest BCUT2D eigenvalue weighted by Crippen LogP contribution is 2.49. The summed E-state index contributed by atoms with van der Waals surface area (Å²) in [5.41, 5.74) is 1.70. The molecule has 1 aromatic rings. The van der Waals surface area contributed by atoms with Crippen molar-refractivity contribution in [3.8, 4) is 6.07 Å². The molecule has 0 spiro atoms. The van der Waals surface area contributed by atoms with Gasteiger partial charge in [0.1, 0.15) is 0 Å². The molecule has 2 bridgehead atoms. The van der Waals surface area contributed by atoms with Gasteiger partial charge in [0.2, 0.25) is 5.91 Å². The highest BCUT2D eigenvalue weighted by Gasteiger charge is 2.40. The van der Waals surface area contributed by atoms with Crippen LogP contribution in [0.3, 0.4) is 0 Å². The Morgan fingerprint density at radius 1 is 1.33 bits per heavy atom. The highest BCUT2D eigenvalue weighted by atomic mass is 16.1. The average Bonchev–Trinajstić information content (AvgIpc) is 3.09. The van der Waals surface area contributed by atoms with Crippen LogP contribution in [0.15, 0.2) is 24.3 Å². The van der Waals surface area contributed by atoms with Crippen LogP contribution in [0.2, 0.25) is 0 Å². The van der Waals surface area contributed by atoms with Crippen LogP contribution in [0.25, 0.3) is 0 Å². The summed E-state index contributed by atoms with van der Waals surface area (Å²) in [6, 6.07) is 9.55. The Bertz CT molecular complexity index is 558. The number of hydrogen-bond acceptors (Lipinski definition) is 2. The summed E-state index contributed by atoms with van der Waals surface area (Å²) in [4.78, 5) is 12.2. The van der Waals surface area contributed by atoms with Crippen molar-refractivity contribution in [2.45, 2.75) is 45.1 Å². The van der Waals surface area contributed by atoms with Gasteiger partial charge < -0.3 is 5.32 Å². The first-order valence-corrected chi connectivity index (χ1v) is 7.95. The van der Waals surface area contributed by atoms with Crippen molar-refractivity contribution in [3.63, 3.8) is 0 Å². The SMILES string of the molecule is CC(NC(=O)CC1CC2CCC1C2)c1ccc(C#N)cc1. The fourth-order valence-electron chi connectivity index (χ4n) is 4.09. The van der Waals surface area contributed by atoms with Gasteiger partial charge in [-0.05, 0) is 61.6 Å². The third-order valence-electron chi connectivity index (χ3n) is 5.25. The molecule has 1 amide bonds. The van der Waals surface area contributed by atoms with E-state index in [0.717, 1.165) is 17.4 Å². The monoisotopic (exact) mass is 282 g/mol. The lowest BCUT2D eigenvalue weighted by Crippen LogP contribution is -2.29. The van der Waals surface area contributed by atoms with E-state index in [1.54, 1.807) is 12.1 Å². The van der Waals surface area contributed by atoms with Crippen LogP contribution in [-0.2, 0) is 4.79 Å². The molecule has 0 aromatic heterocycles. The van der Waals surface area contributed by atoms with Gasteiger partial charge in [-0.3, -0.25) is 4.79 Å². The van der Waals surface area contributed by atoms with Gasteiger partial charge in [-0.25, -0.2) is 0 Å². The molecule has 0 heterocycles. The maximum atomic E-state index is 12.2. The molecule has 0 saturated heterocycles. The van der Waals surface area contributed by atoms with Gasteiger partial charge in [0.25, 0.3) is 0 Å². The predicted molar refractivity (Wildman–Crippen MR) is 81.3 cm³/mol. The zero-order valence-electron chi connectivity index (χ0n) is 12.5. The van der Waals surface area contributed by atoms with Gasteiger partial charge in [0, 0.05) is 6.42 Å². The molecule has 3 nitrogen and oxygen atoms in total. The van der Waals surface area contributed by atoms with Gasteiger partial charge in [0.05, 0.1) is 17.7 Å². The van der Waals surface area contributed by atoms with Gasteiger partial charge in [-0.2, -0.15) is 5.26 Å². The first-order chi connectivity index (χ1) is 10.2. The molecule has 4 atom stereocenters. The number of rotatable bonds is 4. The van der Waals surface area contributed by atoms with Crippen molar-refractivity contribution in [1.29, 1.82) is 5.26 Å². The number of nitrogens with zero attached hydrogens (tertiary/aromatic N) is 1. The minimum absolute atomic E-state index is 0.00355. The molecule has 21 heavy (non-hydrogen) atoms. The summed E-state index contributed by atoms with van der Waals surface area (Å²) in [6.45, 7) is 2.00. The Morgan fingerprint density at radius 2 is 2.10 bits per heavy atom. The van der Waals surface area contributed by atoms with Crippen molar-refractivity contribution in [1.82, 2.24) is 5.32 Å². The molecular formula is C18H22N2O. The van der Waals surface area contributed by atoms with E-state index in [1.807, 2.05) is 19.1 Å². The number of nitrogens with one attached hydrogen (secondary N) is 1. The zero-order chi connectivity index (χ0) is 14.8. The molecular weight excluding hydrogens is 260 g/mol. The fraction of sp³-hybridized carbons (Fsp3) is 0.556. The van der Waals surface area contributed by atoms with Crippen LogP contribution in [0.1, 0.15) is 56.2 Å². The van der Waals surface area contributed by atoms with Gasteiger partial charge in [0.15, 0.2) is 0 Å². The van der Waals surface area contributed by atoms with Crippen LogP contribution in [-0.4, -0.2) is 5.91 Å². The molecule has 3 heteroatoms. The van der Waals surface area contributed by atoms with E-state index >= 15 is 0 Å². The first-order valence-electron chi connectivity index (χ1n) is 7.95. The quantitative estimate of drug-likeness (QED) is 0.918. The van der Waals surface area contributed by atoms with Crippen LogP contribution >= 0.6 is 0 Å². The Balaban J connectivity index is 1.53. The number of carbonyl (C=O) groups excluding carboxylic acids is 1. The number of carbonyl (C=O) groups is 1. The second-order valence-corrected chi connectivity index (χ2v) is 6.66. The molecule has 4 unspecified atom stereocenters. The molecule has 0 radical (unpaired) electrons. The summed E-state index contributed by atoms with van der Waals surface area (Å²) >= 11 is 0. The van der Waals surface area contributed by atoms with E-state index in [0.29, 0.717) is 17.9 Å². The fourth-order valence-corrected chi connectivity index (χ4v) is 4.09. The van der Waals surface area contributed by atoms with E-state index in [2.05, 4.69) is 11.4 Å². The molecule has 2 aliphatic carbocycles. The topological polar surface area (TPSA) is 52.9 Å². The molecule has 3 rings (SSSR count). The summed E-state index contributed by atoms with van der Waals surface area (Å²) in [7, 11) is 0. The summed E-state index contributed by atoms with van der Waals surface area (Å²) in [5.74, 6) is 2.47. The standard InChI is InChI=1S/C18H22N2O/c1-12(15-5-2-13(11-19)3-6-15)20-18(21)10-17-9-14-4-7-16(17)8-14/h2-3,5-6,12,14,16-17H,4,7-10H2,1H3,(H,20,21). The number of fused-ring (bicyclic) bond motifs is 2. The Hall–Kier alpha value is -1.82. The first kappa shape index (κ1) is 14.1. The second kappa shape index (κ2) is 5.89. The van der Waals surface area contributed by atoms with Crippen molar-refractivity contribution in [2.24, 2.45) is 17.8 Å². The van der Waals surface area contributed by atoms with E-state index < -0.39 is 0 Å².